The third-order valence-corrected chi connectivity index (χ3v) is 5.46. The number of hydrogen-bond acceptors (Lipinski definition) is 5. The van der Waals surface area contributed by atoms with Crippen LogP contribution in [0.1, 0.15) is 36.7 Å². The fourth-order valence-electron chi connectivity index (χ4n) is 3.93. The predicted molar refractivity (Wildman–Crippen MR) is 103 cm³/mol. The van der Waals surface area contributed by atoms with E-state index >= 15 is 0 Å². The van der Waals surface area contributed by atoms with Crippen molar-refractivity contribution in [2.75, 3.05) is 0 Å². The van der Waals surface area contributed by atoms with Crippen molar-refractivity contribution in [3.05, 3.63) is 48.0 Å². The fraction of sp³-hybridized carbons (Fsp3) is 0.450. The van der Waals surface area contributed by atoms with Gasteiger partial charge in [0.2, 0.25) is 5.91 Å². The van der Waals surface area contributed by atoms with Gasteiger partial charge in [-0.2, -0.15) is 5.10 Å². The zero-order valence-corrected chi connectivity index (χ0v) is 15.8. The summed E-state index contributed by atoms with van der Waals surface area (Å²) in [5.74, 6) is 0.696. The summed E-state index contributed by atoms with van der Waals surface area (Å²) in [7, 11) is 1.85. The van der Waals surface area contributed by atoms with E-state index < -0.39 is 0 Å². The van der Waals surface area contributed by atoms with Crippen LogP contribution in [0.2, 0.25) is 0 Å². The lowest BCUT2D eigenvalue weighted by molar-refractivity contribution is -0.123. The third kappa shape index (κ3) is 3.65. The molecule has 1 unspecified atom stereocenters. The van der Waals surface area contributed by atoms with Gasteiger partial charge in [-0.05, 0) is 30.9 Å². The molecule has 1 aliphatic rings. The van der Waals surface area contributed by atoms with Crippen molar-refractivity contribution in [2.24, 2.45) is 13.0 Å². The monoisotopic (exact) mass is 383 g/mol. The Hall–Kier alpha value is -2.71. The van der Waals surface area contributed by atoms with Crippen molar-refractivity contribution >= 4 is 16.9 Å². The Balaban J connectivity index is 1.46. The van der Waals surface area contributed by atoms with E-state index in [2.05, 4.69) is 15.4 Å². The van der Waals surface area contributed by atoms with Crippen LogP contribution in [-0.4, -0.2) is 41.6 Å². The smallest absolute Gasteiger partial charge is 0.222 e. The second-order valence-electron chi connectivity index (χ2n) is 7.45. The number of amides is 1. The van der Waals surface area contributed by atoms with Crippen LogP contribution in [0.3, 0.4) is 0 Å². The number of aryl methyl sites for hydroxylation is 2. The molecule has 28 heavy (non-hydrogen) atoms. The molecule has 3 aromatic rings. The van der Waals surface area contributed by atoms with E-state index in [0.717, 1.165) is 16.6 Å². The van der Waals surface area contributed by atoms with Gasteiger partial charge in [0, 0.05) is 31.8 Å². The lowest BCUT2D eigenvalue weighted by Gasteiger charge is -2.37. The second-order valence-corrected chi connectivity index (χ2v) is 7.45. The lowest BCUT2D eigenvalue weighted by atomic mass is 9.75. The van der Waals surface area contributed by atoms with Crippen molar-refractivity contribution in [1.29, 1.82) is 0 Å². The van der Waals surface area contributed by atoms with Gasteiger partial charge in [0.25, 0.3) is 0 Å². The predicted octanol–water partition coefficient (Wildman–Crippen LogP) is 1.28. The summed E-state index contributed by atoms with van der Waals surface area (Å²) in [6, 6.07) is 7.50. The molecule has 2 heterocycles. The van der Waals surface area contributed by atoms with Crippen LogP contribution in [0.15, 0.2) is 36.7 Å². The quantitative estimate of drug-likeness (QED) is 0.570. The van der Waals surface area contributed by atoms with Crippen molar-refractivity contribution in [2.45, 2.75) is 44.6 Å². The Morgan fingerprint density at radius 1 is 1.36 bits per heavy atom. The topological polar surface area (TPSA) is 105 Å². The molecule has 0 saturated heterocycles. The number of benzene rings is 1. The molecule has 1 saturated carbocycles. The zero-order chi connectivity index (χ0) is 19.7. The van der Waals surface area contributed by atoms with E-state index in [1.807, 2.05) is 42.1 Å². The average molecular weight is 383 g/mol. The molecule has 0 radical (unpaired) electrons. The van der Waals surface area contributed by atoms with E-state index in [1.54, 1.807) is 10.9 Å². The minimum atomic E-state index is -0.287. The number of nitrogens with one attached hydrogen (secondary N) is 1. The number of nitrogens with zero attached hydrogens (tertiary/aromatic N) is 4. The van der Waals surface area contributed by atoms with Crippen LogP contribution in [-0.2, 0) is 25.0 Å². The summed E-state index contributed by atoms with van der Waals surface area (Å²) in [5, 5.41) is 26.6. The van der Waals surface area contributed by atoms with Crippen LogP contribution in [0.25, 0.3) is 11.0 Å². The Kier molecular flexibility index (Phi) is 5.15. The molecule has 3 N–H and O–H groups in total. The summed E-state index contributed by atoms with van der Waals surface area (Å²) >= 11 is 0. The number of carbonyl (C=O) groups is 1. The molecule has 1 amide bonds. The van der Waals surface area contributed by atoms with Crippen LogP contribution in [0.5, 0.6) is 0 Å². The standard InChI is InChI=1S/C20H25N5O3/c1-24-11-14(10-21-24)20(13-8-15(27)9-13)23-19(28)6-7-25-17-5-3-2-4-16(17)22-18(25)12-26/h2-5,10-11,13,15,20,26-27H,6-9,12H2,1H3,(H,23,28). The number of hydrogen-bond donors (Lipinski definition) is 3. The van der Waals surface area contributed by atoms with Gasteiger partial charge in [0.15, 0.2) is 0 Å². The first-order valence-corrected chi connectivity index (χ1v) is 9.56. The molecule has 1 atom stereocenters. The lowest BCUT2D eigenvalue weighted by Crippen LogP contribution is -2.41. The summed E-state index contributed by atoms with van der Waals surface area (Å²) in [6.45, 7) is 0.268. The zero-order valence-electron chi connectivity index (χ0n) is 15.8. The summed E-state index contributed by atoms with van der Waals surface area (Å²) in [4.78, 5) is 17.1. The number of para-hydroxylation sites is 2. The molecular weight excluding hydrogens is 358 g/mol. The van der Waals surface area contributed by atoms with Crippen molar-refractivity contribution < 1.29 is 15.0 Å². The van der Waals surface area contributed by atoms with E-state index in [-0.39, 0.29) is 37.0 Å². The Morgan fingerprint density at radius 2 is 2.14 bits per heavy atom. The third-order valence-electron chi connectivity index (χ3n) is 5.46. The van der Waals surface area contributed by atoms with Gasteiger partial charge in [-0.1, -0.05) is 12.1 Å². The van der Waals surface area contributed by atoms with Crippen LogP contribution in [0, 0.1) is 5.92 Å². The normalized spacial score (nSPS) is 20.1. The molecule has 0 spiro atoms. The number of fused-ring (bicyclic) bond motifs is 1. The first-order valence-electron chi connectivity index (χ1n) is 9.56. The van der Waals surface area contributed by atoms with Gasteiger partial charge in [0.05, 0.1) is 29.4 Å². The highest BCUT2D eigenvalue weighted by molar-refractivity contribution is 5.78. The SMILES string of the molecule is Cn1cc(C(NC(=O)CCn2c(CO)nc3ccccc32)C2CC(O)C2)cn1. The van der Waals surface area contributed by atoms with Crippen LogP contribution in [0.4, 0.5) is 0 Å². The first kappa shape index (κ1) is 18.6. The largest absolute Gasteiger partial charge is 0.393 e. The number of rotatable bonds is 7. The first-order chi connectivity index (χ1) is 13.5. The van der Waals surface area contributed by atoms with E-state index in [4.69, 9.17) is 0 Å². The Labute approximate surface area is 162 Å². The van der Waals surface area contributed by atoms with Gasteiger partial charge in [-0.15, -0.1) is 0 Å². The van der Waals surface area contributed by atoms with Crippen molar-refractivity contribution in [3.8, 4) is 0 Å². The Bertz CT molecular complexity index is 973. The minimum Gasteiger partial charge on any atom is -0.393 e. The second kappa shape index (κ2) is 7.73. The molecule has 0 aliphatic heterocycles. The number of aliphatic hydroxyl groups excluding tert-OH is 2. The van der Waals surface area contributed by atoms with Crippen molar-refractivity contribution in [3.63, 3.8) is 0 Å². The molecule has 2 aromatic heterocycles. The summed E-state index contributed by atoms with van der Waals surface area (Å²) in [5.41, 5.74) is 2.67. The molecule has 1 fully saturated rings. The number of carbonyl (C=O) groups excluding carboxylic acids is 1. The molecular formula is C20H25N5O3. The number of imidazole rings is 1. The Morgan fingerprint density at radius 3 is 2.82 bits per heavy atom. The van der Waals surface area contributed by atoms with Gasteiger partial charge < -0.3 is 20.1 Å². The molecule has 0 bridgehead atoms. The molecule has 4 rings (SSSR count). The van der Waals surface area contributed by atoms with E-state index in [1.165, 1.54) is 0 Å². The van der Waals surface area contributed by atoms with Crippen LogP contribution >= 0.6 is 0 Å². The van der Waals surface area contributed by atoms with E-state index in [9.17, 15) is 15.0 Å². The summed E-state index contributed by atoms with van der Waals surface area (Å²) in [6.07, 6.45) is 5.03. The minimum absolute atomic E-state index is 0.0723. The summed E-state index contributed by atoms with van der Waals surface area (Å²) < 4.78 is 3.61. The van der Waals surface area contributed by atoms with E-state index in [0.29, 0.717) is 25.2 Å². The molecule has 148 valence electrons. The highest BCUT2D eigenvalue weighted by atomic mass is 16.3. The molecule has 1 aliphatic carbocycles. The highest BCUT2D eigenvalue weighted by Crippen LogP contribution is 2.38. The number of aliphatic hydroxyl groups is 2. The molecule has 8 nitrogen and oxygen atoms in total. The van der Waals surface area contributed by atoms with Gasteiger partial charge in [0.1, 0.15) is 12.4 Å². The van der Waals surface area contributed by atoms with Crippen molar-refractivity contribution in [1.82, 2.24) is 24.6 Å². The highest BCUT2D eigenvalue weighted by Gasteiger charge is 2.36. The molecule has 8 heteroatoms. The maximum Gasteiger partial charge on any atom is 0.222 e. The number of aromatic nitrogens is 4. The van der Waals surface area contributed by atoms with Gasteiger partial charge >= 0.3 is 0 Å². The van der Waals surface area contributed by atoms with Crippen LogP contribution < -0.4 is 5.32 Å². The molecule has 1 aromatic carbocycles. The fourth-order valence-corrected chi connectivity index (χ4v) is 3.93. The average Bonchev–Trinajstić information content (AvgIpc) is 3.25. The van der Waals surface area contributed by atoms with Gasteiger partial charge in [-0.3, -0.25) is 9.48 Å². The maximum absolute atomic E-state index is 12.7. The van der Waals surface area contributed by atoms with Gasteiger partial charge in [-0.25, -0.2) is 4.98 Å². The maximum atomic E-state index is 12.7.